The molecule has 184 valence electrons. The molecule has 35 heavy (non-hydrogen) atoms. The highest BCUT2D eigenvalue weighted by Crippen LogP contribution is 2.27. The molecule has 7 nitrogen and oxygen atoms in total. The SMILES string of the molecule is CNC(=O)C(C)N(Cc1ccc(Br)cc1)C(=O)CN(c1ccccc1C)S(=O)(=O)c1ccccc1. The topological polar surface area (TPSA) is 86.8 Å². The van der Waals surface area contributed by atoms with E-state index in [9.17, 15) is 18.0 Å². The van der Waals surface area contributed by atoms with E-state index in [0.29, 0.717) is 11.3 Å². The summed E-state index contributed by atoms with van der Waals surface area (Å²) in [5, 5.41) is 2.57. The van der Waals surface area contributed by atoms with Crippen LogP contribution in [0.4, 0.5) is 5.69 Å². The second-order valence-corrected chi connectivity index (χ2v) is 10.8. The zero-order chi connectivity index (χ0) is 25.6. The molecule has 2 amide bonds. The first-order valence-electron chi connectivity index (χ1n) is 11.0. The van der Waals surface area contributed by atoms with E-state index in [1.54, 1.807) is 50.2 Å². The van der Waals surface area contributed by atoms with Crippen LogP contribution in [0.3, 0.4) is 0 Å². The van der Waals surface area contributed by atoms with E-state index in [-0.39, 0.29) is 17.3 Å². The van der Waals surface area contributed by atoms with Crippen LogP contribution in [0.2, 0.25) is 0 Å². The van der Waals surface area contributed by atoms with Crippen LogP contribution < -0.4 is 9.62 Å². The number of aryl methyl sites for hydroxylation is 1. The summed E-state index contributed by atoms with van der Waals surface area (Å²) < 4.78 is 29.3. The first-order valence-corrected chi connectivity index (χ1v) is 13.3. The number of rotatable bonds is 9. The number of carbonyl (C=O) groups is 2. The molecule has 0 aromatic heterocycles. The van der Waals surface area contributed by atoms with Gasteiger partial charge in [0, 0.05) is 18.1 Å². The smallest absolute Gasteiger partial charge is 0.264 e. The number of carbonyl (C=O) groups excluding carboxylic acids is 2. The summed E-state index contributed by atoms with van der Waals surface area (Å²) in [5.74, 6) is -0.837. The number of amides is 2. The van der Waals surface area contributed by atoms with Crippen molar-refractivity contribution in [1.82, 2.24) is 10.2 Å². The molecule has 0 fully saturated rings. The number of benzene rings is 3. The van der Waals surface area contributed by atoms with Gasteiger partial charge in [-0.15, -0.1) is 0 Å². The maximum atomic E-state index is 13.7. The molecule has 0 radical (unpaired) electrons. The Balaban J connectivity index is 2.03. The Bertz CT molecular complexity index is 1280. The predicted molar refractivity (Wildman–Crippen MR) is 140 cm³/mol. The van der Waals surface area contributed by atoms with E-state index >= 15 is 0 Å². The Morgan fingerprint density at radius 3 is 2.14 bits per heavy atom. The third-order valence-corrected chi connectivity index (χ3v) is 7.98. The normalized spacial score (nSPS) is 12.0. The zero-order valence-electron chi connectivity index (χ0n) is 19.8. The molecule has 3 rings (SSSR count). The average molecular weight is 558 g/mol. The van der Waals surface area contributed by atoms with Crippen molar-refractivity contribution in [3.63, 3.8) is 0 Å². The minimum absolute atomic E-state index is 0.0786. The minimum Gasteiger partial charge on any atom is -0.357 e. The maximum Gasteiger partial charge on any atom is 0.264 e. The number of halogens is 1. The fourth-order valence-corrected chi connectivity index (χ4v) is 5.42. The monoisotopic (exact) mass is 557 g/mol. The molecule has 0 aliphatic rings. The molecule has 0 aliphatic heterocycles. The van der Waals surface area contributed by atoms with Gasteiger partial charge in [-0.25, -0.2) is 8.42 Å². The van der Waals surface area contributed by atoms with Crippen molar-refractivity contribution >= 4 is 43.5 Å². The van der Waals surface area contributed by atoms with Gasteiger partial charge >= 0.3 is 0 Å². The van der Waals surface area contributed by atoms with Gasteiger partial charge in [0.25, 0.3) is 10.0 Å². The number of nitrogens with zero attached hydrogens (tertiary/aromatic N) is 2. The summed E-state index contributed by atoms with van der Waals surface area (Å²) in [5.41, 5.74) is 1.92. The number of hydrogen-bond acceptors (Lipinski definition) is 4. The quantitative estimate of drug-likeness (QED) is 0.428. The van der Waals surface area contributed by atoms with E-state index in [4.69, 9.17) is 0 Å². The molecule has 0 heterocycles. The first-order chi connectivity index (χ1) is 16.6. The summed E-state index contributed by atoms with van der Waals surface area (Å²) in [6.45, 7) is 3.10. The van der Waals surface area contributed by atoms with Crippen LogP contribution >= 0.6 is 15.9 Å². The van der Waals surface area contributed by atoms with Crippen molar-refractivity contribution in [1.29, 1.82) is 0 Å². The van der Waals surface area contributed by atoms with Crippen LogP contribution in [0.1, 0.15) is 18.1 Å². The second kappa shape index (κ2) is 11.5. The summed E-state index contributed by atoms with van der Waals surface area (Å²) >= 11 is 3.40. The highest BCUT2D eigenvalue weighted by Gasteiger charge is 2.32. The van der Waals surface area contributed by atoms with Crippen molar-refractivity contribution in [2.45, 2.75) is 31.3 Å². The zero-order valence-corrected chi connectivity index (χ0v) is 22.2. The maximum absolute atomic E-state index is 13.7. The Morgan fingerprint density at radius 1 is 0.943 bits per heavy atom. The van der Waals surface area contributed by atoms with Crippen LogP contribution in [0.25, 0.3) is 0 Å². The average Bonchev–Trinajstić information content (AvgIpc) is 2.86. The first kappa shape index (κ1) is 26.4. The van der Waals surface area contributed by atoms with Gasteiger partial charge in [-0.3, -0.25) is 13.9 Å². The molecular weight excluding hydrogens is 530 g/mol. The van der Waals surface area contributed by atoms with E-state index < -0.39 is 28.5 Å². The lowest BCUT2D eigenvalue weighted by Crippen LogP contribution is -2.50. The van der Waals surface area contributed by atoms with Crippen molar-refractivity contribution in [2.24, 2.45) is 0 Å². The van der Waals surface area contributed by atoms with Gasteiger partial charge in [0.1, 0.15) is 12.6 Å². The number of hydrogen-bond donors (Lipinski definition) is 1. The molecule has 9 heteroatoms. The van der Waals surface area contributed by atoms with Gasteiger partial charge in [0.15, 0.2) is 0 Å². The van der Waals surface area contributed by atoms with E-state index in [1.165, 1.54) is 24.1 Å². The lowest BCUT2D eigenvalue weighted by atomic mass is 10.1. The number of likely N-dealkylation sites (N-methyl/N-ethyl adjacent to an activating group) is 1. The molecule has 0 saturated heterocycles. The molecule has 0 aliphatic carbocycles. The third-order valence-electron chi connectivity index (χ3n) is 5.67. The Hall–Kier alpha value is -3.17. The number of anilines is 1. The molecule has 1 atom stereocenters. The van der Waals surface area contributed by atoms with Gasteiger partial charge in [-0.05, 0) is 55.3 Å². The highest BCUT2D eigenvalue weighted by molar-refractivity contribution is 9.10. The van der Waals surface area contributed by atoms with Crippen molar-refractivity contribution in [3.05, 3.63) is 94.5 Å². The largest absolute Gasteiger partial charge is 0.357 e. The minimum atomic E-state index is -4.06. The molecule has 0 bridgehead atoms. The van der Waals surface area contributed by atoms with Crippen LogP contribution in [-0.2, 0) is 26.2 Å². The molecule has 0 spiro atoms. The Labute approximate surface area is 214 Å². The van der Waals surface area contributed by atoms with Crippen LogP contribution in [0.5, 0.6) is 0 Å². The third kappa shape index (κ3) is 6.29. The lowest BCUT2D eigenvalue weighted by molar-refractivity contribution is -0.139. The van der Waals surface area contributed by atoms with Gasteiger partial charge in [-0.2, -0.15) is 0 Å². The van der Waals surface area contributed by atoms with Crippen LogP contribution in [0, 0.1) is 6.92 Å². The number of para-hydroxylation sites is 1. The predicted octanol–water partition coefficient (Wildman–Crippen LogP) is 4.12. The standard InChI is InChI=1S/C26H28BrN3O4S/c1-19-9-7-8-12-24(19)30(35(33,34)23-10-5-4-6-11-23)18-25(31)29(20(2)26(32)28-3)17-21-13-15-22(27)16-14-21/h4-16,20H,17-18H2,1-3H3,(H,28,32). The fraction of sp³-hybridized carbons (Fsp3) is 0.231. The van der Waals surface area contributed by atoms with E-state index in [2.05, 4.69) is 21.2 Å². The molecular formula is C26H28BrN3O4S. The highest BCUT2D eigenvalue weighted by atomic mass is 79.9. The number of sulfonamides is 1. The molecule has 3 aromatic rings. The van der Waals surface area contributed by atoms with Gasteiger partial charge < -0.3 is 10.2 Å². The van der Waals surface area contributed by atoms with Crippen LogP contribution in [-0.4, -0.2) is 44.8 Å². The second-order valence-electron chi connectivity index (χ2n) is 8.05. The van der Waals surface area contributed by atoms with Crippen molar-refractivity contribution in [2.75, 3.05) is 17.9 Å². The number of nitrogens with one attached hydrogen (secondary N) is 1. The van der Waals surface area contributed by atoms with Crippen molar-refractivity contribution in [3.8, 4) is 0 Å². The van der Waals surface area contributed by atoms with Crippen molar-refractivity contribution < 1.29 is 18.0 Å². The van der Waals surface area contributed by atoms with Gasteiger partial charge in [0.05, 0.1) is 10.6 Å². The summed E-state index contributed by atoms with van der Waals surface area (Å²) in [6.07, 6.45) is 0. The Morgan fingerprint density at radius 2 is 1.54 bits per heavy atom. The molecule has 1 unspecified atom stereocenters. The molecule has 1 N–H and O–H groups in total. The summed E-state index contributed by atoms with van der Waals surface area (Å²) in [6, 6.07) is 21.6. The lowest BCUT2D eigenvalue weighted by Gasteiger charge is -2.32. The van der Waals surface area contributed by atoms with Gasteiger partial charge in [0.2, 0.25) is 11.8 Å². The molecule has 0 saturated carbocycles. The summed E-state index contributed by atoms with van der Waals surface area (Å²) in [4.78, 5) is 27.6. The fourth-order valence-electron chi connectivity index (χ4n) is 3.65. The van der Waals surface area contributed by atoms with E-state index in [1.807, 2.05) is 30.3 Å². The van der Waals surface area contributed by atoms with Gasteiger partial charge in [-0.1, -0.05) is 64.5 Å². The van der Waals surface area contributed by atoms with E-state index in [0.717, 1.165) is 14.3 Å². The Kier molecular flexibility index (Phi) is 8.69. The molecule has 3 aromatic carbocycles. The summed E-state index contributed by atoms with van der Waals surface area (Å²) in [7, 11) is -2.56. The van der Waals surface area contributed by atoms with Crippen LogP contribution in [0.15, 0.2) is 88.2 Å².